The summed E-state index contributed by atoms with van der Waals surface area (Å²) in [5.41, 5.74) is 0. The fourth-order valence-corrected chi connectivity index (χ4v) is 15.9. The second-order valence-electron chi connectivity index (χ2n) is 33.3. The van der Waals surface area contributed by atoms with Gasteiger partial charge in [-0.1, -0.05) is 133 Å². The highest BCUT2D eigenvalue weighted by Gasteiger charge is 2.45. The molecule has 2 aliphatic heterocycles. The third-order valence-electron chi connectivity index (χ3n) is 22.3. The van der Waals surface area contributed by atoms with E-state index >= 15 is 33.6 Å². The molecule has 0 aromatic heterocycles. The second-order valence-corrected chi connectivity index (χ2v) is 33.3. The Labute approximate surface area is 629 Å². The summed E-state index contributed by atoms with van der Waals surface area (Å²) in [5, 5.41) is 33.2. The van der Waals surface area contributed by atoms with Crippen LogP contribution in [0.1, 0.15) is 250 Å². The van der Waals surface area contributed by atoms with Gasteiger partial charge in [0, 0.05) is 82.0 Å². The van der Waals surface area contributed by atoms with E-state index in [1.807, 2.05) is 55.4 Å². The fraction of sp³-hybridized carbons (Fsp3) is 0.848. The Morgan fingerprint density at radius 3 is 1.34 bits per heavy atom. The van der Waals surface area contributed by atoms with E-state index < -0.39 is 150 Å². The third-order valence-corrected chi connectivity index (χ3v) is 22.3. The number of nitrogens with one attached hydrogen (secondary N) is 4. The van der Waals surface area contributed by atoms with Crippen LogP contribution in [0.2, 0.25) is 0 Å². The van der Waals surface area contributed by atoms with Gasteiger partial charge in [0.05, 0.1) is 12.5 Å². The summed E-state index contributed by atoms with van der Waals surface area (Å²) in [6, 6.07) is -12.5. The lowest BCUT2D eigenvalue weighted by Crippen LogP contribution is -2.62. The number of likely N-dealkylation sites (N-methyl/N-ethyl adjacent to an activating group) is 6. The molecule has 2 saturated carbocycles. The van der Waals surface area contributed by atoms with Crippen LogP contribution >= 0.6 is 0 Å². The predicted molar refractivity (Wildman–Crippen MR) is 406 cm³/mol. The minimum absolute atomic E-state index is 0.0508. The number of nitrogens with zero attached hydrogens (tertiary/aromatic N) is 8. The molecule has 0 bridgehead atoms. The van der Waals surface area contributed by atoms with Crippen LogP contribution in [0.15, 0.2) is 0 Å². The number of unbranched alkanes of at least 4 members (excludes halogenated alkanes) is 1. The predicted octanol–water partition coefficient (Wildman–Crippen LogP) is 6.65. The monoisotopic (exact) mass is 1480 g/mol. The van der Waals surface area contributed by atoms with Crippen LogP contribution in [0.3, 0.4) is 0 Å². The van der Waals surface area contributed by atoms with Gasteiger partial charge in [-0.3, -0.25) is 57.5 Å². The number of aliphatic hydroxyl groups excluding tert-OH is 2. The molecule has 4 fully saturated rings. The maximum Gasteiger partial charge on any atom is 0.248 e. The summed E-state index contributed by atoms with van der Waals surface area (Å²) in [4.78, 5) is 192. The lowest BCUT2D eigenvalue weighted by Gasteiger charge is -2.39. The highest BCUT2D eigenvalue weighted by atomic mass is 16.3. The van der Waals surface area contributed by atoms with E-state index in [0.717, 1.165) is 88.4 Å². The van der Waals surface area contributed by atoms with E-state index in [4.69, 9.17) is 0 Å². The van der Waals surface area contributed by atoms with Gasteiger partial charge in [-0.25, -0.2) is 0 Å². The van der Waals surface area contributed by atoms with Crippen molar-refractivity contribution >= 4 is 70.9 Å². The summed E-state index contributed by atoms with van der Waals surface area (Å²) >= 11 is 0. The van der Waals surface area contributed by atoms with Crippen molar-refractivity contribution in [2.24, 2.45) is 41.4 Å². The topological polar surface area (TPSA) is 319 Å². The zero-order valence-corrected chi connectivity index (χ0v) is 67.7. The van der Waals surface area contributed by atoms with Gasteiger partial charge >= 0.3 is 0 Å². The molecule has 0 aromatic rings. The number of aliphatic hydroxyl groups is 2. The number of rotatable bonds is 21. The van der Waals surface area contributed by atoms with Crippen molar-refractivity contribution in [2.75, 3.05) is 75.6 Å². The standard InChI is InChI=1S/C79H140N12O14/c1-50(2)45-59-75(101)87(15)64(47-52(5)6)72(98)83-68(55(11)93)79(105)89(17)65(48-53(7)8)78(104)88(16)63(46-51(3)4)71(97)82-60(76(102)91-42-27-21-28-43-91)49-67(95)84(12)41-30-36-66(94)90(18)69(54(9)10)73(99)80-58(35-26-29-44-92)74(100)86(14)62(40-38-57-33-24-20-25-34-57)77(103)85(13)61(70(96)81-59)39-37-56-31-22-19-23-32-56/h50-65,68-69,92-93H,19-49H2,1-18H3,(H,80,99)(H,81,96)(H,82,97)(H,83,98)/t55-,58+,59+,60+,61+,62+,63+,64+,65+,68+,69+/m1/s1. The molecule has 105 heavy (non-hydrogen) atoms. The molecule has 12 amide bonds. The lowest BCUT2D eigenvalue weighted by atomic mass is 9.84. The van der Waals surface area contributed by atoms with Crippen molar-refractivity contribution in [1.29, 1.82) is 0 Å². The maximum absolute atomic E-state index is 15.8. The number of carbonyl (C=O) groups excluding carboxylic acids is 12. The molecule has 0 radical (unpaired) electrons. The number of carbonyl (C=O) groups is 12. The Hall–Kier alpha value is -6.44. The Morgan fingerprint density at radius 2 is 0.838 bits per heavy atom. The molecule has 6 N–H and O–H groups in total. The second kappa shape index (κ2) is 44.8. The molecule has 4 rings (SSSR count). The van der Waals surface area contributed by atoms with Gasteiger partial charge in [-0.2, -0.15) is 0 Å². The van der Waals surface area contributed by atoms with Crippen molar-refractivity contribution < 1.29 is 67.7 Å². The molecule has 26 nitrogen and oxygen atoms in total. The van der Waals surface area contributed by atoms with E-state index in [9.17, 15) is 34.2 Å². The van der Waals surface area contributed by atoms with Crippen LogP contribution in [0.5, 0.6) is 0 Å². The van der Waals surface area contributed by atoms with Gasteiger partial charge in [0.15, 0.2) is 0 Å². The first kappa shape index (κ1) is 90.9. The number of amides is 12. The van der Waals surface area contributed by atoms with Crippen LogP contribution in [0.25, 0.3) is 0 Å². The number of likely N-dealkylation sites (tertiary alicyclic amines) is 1. The van der Waals surface area contributed by atoms with Crippen molar-refractivity contribution in [2.45, 2.75) is 316 Å². The normalized spacial score (nSPS) is 26.9. The first-order chi connectivity index (χ1) is 49.4. The van der Waals surface area contributed by atoms with E-state index in [-0.39, 0.29) is 106 Å². The average molecular weight is 1480 g/mol. The van der Waals surface area contributed by atoms with Gasteiger partial charge in [-0.05, 0) is 145 Å². The fourth-order valence-electron chi connectivity index (χ4n) is 15.9. The van der Waals surface area contributed by atoms with Crippen LogP contribution < -0.4 is 21.3 Å². The van der Waals surface area contributed by atoms with Crippen LogP contribution in [0.4, 0.5) is 0 Å². The summed E-state index contributed by atoms with van der Waals surface area (Å²) in [6.45, 7) is 20.6. The first-order valence-electron chi connectivity index (χ1n) is 40.1. The number of piperidine rings is 1. The van der Waals surface area contributed by atoms with Crippen LogP contribution in [-0.2, 0) is 57.5 Å². The van der Waals surface area contributed by atoms with Crippen LogP contribution in [-0.4, -0.2) is 262 Å². The molecule has 0 spiro atoms. The van der Waals surface area contributed by atoms with Gasteiger partial charge < -0.3 is 70.7 Å². The Kier molecular flexibility index (Phi) is 38.8. The van der Waals surface area contributed by atoms with E-state index in [0.29, 0.717) is 38.8 Å². The molecule has 0 aromatic carbocycles. The van der Waals surface area contributed by atoms with Crippen molar-refractivity contribution in [3.05, 3.63) is 0 Å². The summed E-state index contributed by atoms with van der Waals surface area (Å²) in [5.74, 6) is -7.98. The van der Waals surface area contributed by atoms with Crippen molar-refractivity contribution in [1.82, 2.24) is 60.5 Å². The quantitative estimate of drug-likeness (QED) is 0.0656. The molecule has 11 atom stereocenters. The number of hydrogen-bond donors (Lipinski definition) is 6. The van der Waals surface area contributed by atoms with Crippen LogP contribution in [0, 0.1) is 41.4 Å². The summed E-state index contributed by atoms with van der Waals surface area (Å²) in [6.07, 6.45) is 13.3. The first-order valence-corrected chi connectivity index (χ1v) is 40.1. The molecular formula is C79H140N12O14. The van der Waals surface area contributed by atoms with Gasteiger partial charge in [0.2, 0.25) is 70.9 Å². The molecule has 4 aliphatic rings. The zero-order chi connectivity index (χ0) is 78.7. The highest BCUT2D eigenvalue weighted by Crippen LogP contribution is 2.32. The SMILES string of the molecule is CC(C)C[C@@H]1NC(=O)[C@H](CCC2CCCCC2)N(C)C(=O)[C@H](CCC2CCCCC2)N(C)C(=O)[C@H](CCCCO)NC(=O)[C@H](C(C)C)N(C)C(=O)CCCN(C)C(=O)C[C@@H](C(=O)N2CCCCC2)NC(=O)[C@H](CC(C)C)N(C)C(=O)[C@H](CC(C)C)N(C)C(=O)[C@H]([C@@H](C)O)NC(=O)[C@H](CC(C)C)N(C)C1=O. The maximum atomic E-state index is 15.8. The van der Waals surface area contributed by atoms with Gasteiger partial charge in [0.25, 0.3) is 0 Å². The summed E-state index contributed by atoms with van der Waals surface area (Å²) < 4.78 is 0. The smallest absolute Gasteiger partial charge is 0.248 e. The molecule has 26 heteroatoms. The minimum Gasteiger partial charge on any atom is -0.396 e. The van der Waals surface area contributed by atoms with Gasteiger partial charge in [-0.15, -0.1) is 0 Å². The van der Waals surface area contributed by atoms with Gasteiger partial charge in [0.1, 0.15) is 60.4 Å². The molecule has 2 aliphatic carbocycles. The van der Waals surface area contributed by atoms with E-state index in [1.165, 1.54) is 71.6 Å². The number of hydrogen-bond acceptors (Lipinski definition) is 14. The molecule has 0 unspecified atom stereocenters. The molecule has 2 saturated heterocycles. The third kappa shape index (κ3) is 27.9. The molecular weight excluding hydrogens is 1340 g/mol. The van der Waals surface area contributed by atoms with Crippen molar-refractivity contribution in [3.8, 4) is 0 Å². The molecule has 2 heterocycles. The van der Waals surface area contributed by atoms with E-state index in [1.54, 1.807) is 32.8 Å². The van der Waals surface area contributed by atoms with E-state index in [2.05, 4.69) is 21.3 Å². The highest BCUT2D eigenvalue weighted by molar-refractivity contribution is 5.99. The lowest BCUT2D eigenvalue weighted by molar-refractivity contribution is -0.152. The Balaban J connectivity index is 1.94. The minimum atomic E-state index is -1.66. The molecule has 600 valence electrons. The summed E-state index contributed by atoms with van der Waals surface area (Å²) in [7, 11) is 10.4. The zero-order valence-electron chi connectivity index (χ0n) is 67.7. The Bertz CT molecular complexity index is 2820. The average Bonchev–Trinajstić information content (AvgIpc) is 0.811. The Morgan fingerprint density at radius 1 is 0.410 bits per heavy atom. The van der Waals surface area contributed by atoms with Crippen molar-refractivity contribution in [3.63, 3.8) is 0 Å². The largest absolute Gasteiger partial charge is 0.396 e.